The van der Waals surface area contributed by atoms with Crippen molar-refractivity contribution in [1.82, 2.24) is 9.88 Å². The second-order valence-corrected chi connectivity index (χ2v) is 6.94. The maximum Gasteiger partial charge on any atom is 0.228 e. The molecule has 5 nitrogen and oxygen atoms in total. The number of likely N-dealkylation sites (N-methyl/N-ethyl adjacent to an activating group) is 1. The van der Waals surface area contributed by atoms with Crippen molar-refractivity contribution in [2.24, 2.45) is 0 Å². The van der Waals surface area contributed by atoms with Crippen LogP contribution < -0.4 is 0 Å². The van der Waals surface area contributed by atoms with E-state index in [1.54, 1.807) is 18.9 Å². The number of hydrogen-bond donors (Lipinski definition) is 0. The maximum atomic E-state index is 11.9. The van der Waals surface area contributed by atoms with Crippen molar-refractivity contribution in [3.63, 3.8) is 0 Å². The Kier molecular flexibility index (Phi) is 5.05. The van der Waals surface area contributed by atoms with Gasteiger partial charge < -0.3 is 4.90 Å². The van der Waals surface area contributed by atoms with E-state index in [0.717, 1.165) is 0 Å². The summed E-state index contributed by atoms with van der Waals surface area (Å²) in [5.74, 6) is -0.0374. The standard InChI is InChI=1S/C13H20N2O3S/c1-5-19(17,18)12-6-7-14-11(8-12)9-13(16)15(4)10(2)3/h6-8,10H,5,9H2,1-4H3. The zero-order chi connectivity index (χ0) is 14.6. The van der Waals surface area contributed by atoms with Gasteiger partial charge in [0, 0.05) is 19.3 Å². The number of sulfone groups is 1. The van der Waals surface area contributed by atoms with E-state index in [9.17, 15) is 13.2 Å². The van der Waals surface area contributed by atoms with Gasteiger partial charge in [-0.25, -0.2) is 8.42 Å². The average Bonchev–Trinajstić information content (AvgIpc) is 2.37. The van der Waals surface area contributed by atoms with Gasteiger partial charge in [0.05, 0.1) is 22.8 Å². The minimum absolute atomic E-state index is 0.0380. The van der Waals surface area contributed by atoms with Crippen molar-refractivity contribution in [2.45, 2.75) is 38.1 Å². The van der Waals surface area contributed by atoms with Gasteiger partial charge in [-0.15, -0.1) is 0 Å². The van der Waals surface area contributed by atoms with Crippen LogP contribution in [0.25, 0.3) is 0 Å². The van der Waals surface area contributed by atoms with E-state index in [1.165, 1.54) is 18.3 Å². The van der Waals surface area contributed by atoms with Crippen molar-refractivity contribution in [1.29, 1.82) is 0 Å². The highest BCUT2D eigenvalue weighted by molar-refractivity contribution is 7.91. The molecule has 1 amide bonds. The Morgan fingerprint density at radius 3 is 2.58 bits per heavy atom. The van der Waals surface area contributed by atoms with Gasteiger partial charge in [0.15, 0.2) is 9.84 Å². The van der Waals surface area contributed by atoms with Crippen molar-refractivity contribution in [2.75, 3.05) is 12.8 Å². The normalized spacial score (nSPS) is 11.6. The first-order chi connectivity index (χ1) is 8.77. The highest BCUT2D eigenvalue weighted by Gasteiger charge is 2.16. The lowest BCUT2D eigenvalue weighted by molar-refractivity contribution is -0.130. The number of hydrogen-bond acceptors (Lipinski definition) is 4. The summed E-state index contributed by atoms with van der Waals surface area (Å²) in [6.45, 7) is 5.43. The summed E-state index contributed by atoms with van der Waals surface area (Å²) in [6, 6.07) is 3.04. The second-order valence-electron chi connectivity index (χ2n) is 4.66. The monoisotopic (exact) mass is 284 g/mol. The second kappa shape index (κ2) is 6.14. The van der Waals surface area contributed by atoms with Crippen LogP contribution in [0.2, 0.25) is 0 Å². The van der Waals surface area contributed by atoms with E-state index >= 15 is 0 Å². The van der Waals surface area contributed by atoms with Gasteiger partial charge in [-0.05, 0) is 26.0 Å². The number of nitrogens with zero attached hydrogens (tertiary/aromatic N) is 2. The molecule has 1 heterocycles. The number of aromatic nitrogens is 1. The van der Waals surface area contributed by atoms with E-state index < -0.39 is 9.84 Å². The van der Waals surface area contributed by atoms with Crippen LogP contribution in [0.5, 0.6) is 0 Å². The SMILES string of the molecule is CCS(=O)(=O)c1ccnc(CC(=O)N(C)C(C)C)c1. The molecule has 0 aliphatic heterocycles. The highest BCUT2D eigenvalue weighted by atomic mass is 32.2. The predicted molar refractivity (Wildman–Crippen MR) is 73.6 cm³/mol. The van der Waals surface area contributed by atoms with Gasteiger partial charge in [-0.1, -0.05) is 6.92 Å². The van der Waals surface area contributed by atoms with Gasteiger partial charge in [0.2, 0.25) is 5.91 Å². The minimum Gasteiger partial charge on any atom is -0.343 e. The molecule has 0 bridgehead atoms. The Balaban J connectivity index is 2.93. The minimum atomic E-state index is -3.26. The van der Waals surface area contributed by atoms with Gasteiger partial charge in [0.25, 0.3) is 0 Å². The third kappa shape index (κ3) is 4.02. The Morgan fingerprint density at radius 2 is 2.05 bits per heavy atom. The Hall–Kier alpha value is -1.43. The zero-order valence-electron chi connectivity index (χ0n) is 11.8. The van der Waals surface area contributed by atoms with Crippen LogP contribution in [0.15, 0.2) is 23.2 Å². The first-order valence-corrected chi connectivity index (χ1v) is 7.86. The van der Waals surface area contributed by atoms with Crippen LogP contribution >= 0.6 is 0 Å². The molecule has 0 saturated carbocycles. The van der Waals surface area contributed by atoms with E-state index in [1.807, 2.05) is 13.8 Å². The van der Waals surface area contributed by atoms with Crippen LogP contribution in [0.3, 0.4) is 0 Å². The quantitative estimate of drug-likeness (QED) is 0.817. The molecule has 1 aromatic heterocycles. The van der Waals surface area contributed by atoms with Gasteiger partial charge in [-0.3, -0.25) is 9.78 Å². The molecule has 0 aliphatic rings. The van der Waals surface area contributed by atoms with E-state index in [0.29, 0.717) is 5.69 Å². The predicted octanol–water partition coefficient (Wildman–Crippen LogP) is 1.28. The third-order valence-corrected chi connectivity index (χ3v) is 4.76. The molecule has 0 N–H and O–H groups in total. The summed E-state index contributed by atoms with van der Waals surface area (Å²) < 4.78 is 23.5. The summed E-state index contributed by atoms with van der Waals surface area (Å²) in [5.41, 5.74) is 0.479. The molecule has 0 radical (unpaired) electrons. The summed E-state index contributed by atoms with van der Waals surface area (Å²) in [4.78, 5) is 17.8. The lowest BCUT2D eigenvalue weighted by atomic mass is 10.2. The number of rotatable bonds is 5. The van der Waals surface area contributed by atoms with Gasteiger partial charge in [-0.2, -0.15) is 0 Å². The fraction of sp³-hybridized carbons (Fsp3) is 0.538. The van der Waals surface area contributed by atoms with Crippen LogP contribution in [0.1, 0.15) is 26.5 Å². The molecule has 0 aromatic carbocycles. The average molecular weight is 284 g/mol. The number of carbonyl (C=O) groups is 1. The van der Waals surface area contributed by atoms with Crippen LogP contribution in [-0.4, -0.2) is 43.1 Å². The molecular formula is C13H20N2O3S. The van der Waals surface area contributed by atoms with Crippen LogP contribution in [0.4, 0.5) is 0 Å². The molecular weight excluding hydrogens is 264 g/mol. The van der Waals surface area contributed by atoms with Crippen molar-refractivity contribution in [3.8, 4) is 0 Å². The van der Waals surface area contributed by atoms with Crippen molar-refractivity contribution in [3.05, 3.63) is 24.0 Å². The van der Waals surface area contributed by atoms with E-state index in [2.05, 4.69) is 4.98 Å². The lowest BCUT2D eigenvalue weighted by Crippen LogP contribution is -2.34. The first-order valence-electron chi connectivity index (χ1n) is 6.21. The third-order valence-electron chi connectivity index (χ3n) is 3.03. The van der Waals surface area contributed by atoms with Crippen molar-refractivity contribution >= 4 is 15.7 Å². The fourth-order valence-electron chi connectivity index (χ4n) is 1.48. The topological polar surface area (TPSA) is 67.3 Å². The first kappa shape index (κ1) is 15.6. The molecule has 0 atom stereocenters. The fourth-order valence-corrected chi connectivity index (χ4v) is 2.40. The molecule has 1 rings (SSSR count). The summed E-state index contributed by atoms with van der Waals surface area (Å²) in [6.07, 6.45) is 1.54. The zero-order valence-corrected chi connectivity index (χ0v) is 12.6. The molecule has 0 aliphatic carbocycles. The van der Waals surface area contributed by atoms with E-state index in [-0.39, 0.29) is 29.0 Å². The molecule has 0 fully saturated rings. The number of amides is 1. The molecule has 0 saturated heterocycles. The molecule has 19 heavy (non-hydrogen) atoms. The lowest BCUT2D eigenvalue weighted by Gasteiger charge is -2.21. The molecule has 0 unspecified atom stereocenters. The maximum absolute atomic E-state index is 11.9. The largest absolute Gasteiger partial charge is 0.343 e. The van der Waals surface area contributed by atoms with Crippen molar-refractivity contribution < 1.29 is 13.2 Å². The highest BCUT2D eigenvalue weighted by Crippen LogP contribution is 2.12. The van der Waals surface area contributed by atoms with Gasteiger partial charge >= 0.3 is 0 Å². The smallest absolute Gasteiger partial charge is 0.228 e. The summed E-state index contributed by atoms with van der Waals surface area (Å²) in [5, 5.41) is 0. The Bertz CT molecular complexity index is 553. The number of pyridine rings is 1. The number of carbonyl (C=O) groups excluding carboxylic acids is 1. The Labute approximate surface area is 114 Å². The molecule has 0 spiro atoms. The molecule has 106 valence electrons. The Morgan fingerprint density at radius 1 is 1.42 bits per heavy atom. The summed E-state index contributed by atoms with van der Waals surface area (Å²) >= 11 is 0. The molecule has 6 heteroatoms. The van der Waals surface area contributed by atoms with Gasteiger partial charge in [0.1, 0.15) is 0 Å². The van der Waals surface area contributed by atoms with Crippen LogP contribution in [-0.2, 0) is 21.1 Å². The van der Waals surface area contributed by atoms with E-state index in [4.69, 9.17) is 0 Å². The van der Waals surface area contributed by atoms with Crippen LogP contribution in [0, 0.1) is 0 Å². The molecule has 1 aromatic rings. The summed E-state index contributed by atoms with van der Waals surface area (Å²) in [7, 11) is -1.54.